The van der Waals surface area contributed by atoms with Crippen molar-refractivity contribution in [3.05, 3.63) is 35.4 Å². The molecule has 0 atom stereocenters. The Morgan fingerprint density at radius 3 is 2.64 bits per heavy atom. The van der Waals surface area contributed by atoms with E-state index >= 15 is 0 Å². The molecule has 0 bridgehead atoms. The molecule has 0 aliphatic heterocycles. The first kappa shape index (κ1) is 11.2. The van der Waals surface area contributed by atoms with E-state index in [-0.39, 0.29) is 6.61 Å². The Labute approximate surface area is 86.2 Å². The first-order valence-corrected chi connectivity index (χ1v) is 5.13. The average molecular weight is 193 g/mol. The van der Waals surface area contributed by atoms with Crippen molar-refractivity contribution in [1.82, 2.24) is 4.90 Å². The van der Waals surface area contributed by atoms with Crippen LogP contribution in [0.15, 0.2) is 24.3 Å². The molecule has 0 aliphatic carbocycles. The van der Waals surface area contributed by atoms with Crippen LogP contribution in [-0.2, 0) is 13.0 Å². The topological polar surface area (TPSA) is 23.5 Å². The van der Waals surface area contributed by atoms with Crippen molar-refractivity contribution in [1.29, 1.82) is 0 Å². The molecule has 1 rings (SSSR count). The van der Waals surface area contributed by atoms with Crippen LogP contribution in [0.2, 0.25) is 0 Å². The lowest BCUT2D eigenvalue weighted by Crippen LogP contribution is -2.21. The van der Waals surface area contributed by atoms with Crippen LogP contribution in [0.1, 0.15) is 18.1 Å². The van der Waals surface area contributed by atoms with Crippen LogP contribution in [0.4, 0.5) is 0 Å². The number of nitrogens with zero attached hydrogens (tertiary/aromatic N) is 1. The molecule has 1 aromatic rings. The maximum Gasteiger partial charge on any atom is 0.0558 e. The van der Waals surface area contributed by atoms with E-state index in [9.17, 15) is 0 Å². The number of rotatable bonds is 5. The van der Waals surface area contributed by atoms with Gasteiger partial charge in [0.15, 0.2) is 0 Å². The summed E-state index contributed by atoms with van der Waals surface area (Å²) in [5.74, 6) is 0. The number of benzene rings is 1. The second-order valence-corrected chi connectivity index (χ2v) is 3.63. The predicted molar refractivity (Wildman–Crippen MR) is 59.2 cm³/mol. The summed E-state index contributed by atoms with van der Waals surface area (Å²) < 4.78 is 0. The highest BCUT2D eigenvalue weighted by molar-refractivity contribution is 5.23. The number of aliphatic hydroxyl groups excluding tert-OH is 1. The zero-order valence-corrected chi connectivity index (χ0v) is 9.03. The van der Waals surface area contributed by atoms with Crippen LogP contribution in [0.25, 0.3) is 0 Å². The summed E-state index contributed by atoms with van der Waals surface area (Å²) in [4.78, 5) is 2.12. The van der Waals surface area contributed by atoms with Gasteiger partial charge >= 0.3 is 0 Å². The van der Waals surface area contributed by atoms with Crippen LogP contribution in [0, 0.1) is 0 Å². The fourth-order valence-electron chi connectivity index (χ4n) is 1.51. The third kappa shape index (κ3) is 3.48. The normalized spacial score (nSPS) is 10.9. The van der Waals surface area contributed by atoms with Crippen molar-refractivity contribution in [2.24, 2.45) is 0 Å². The molecule has 78 valence electrons. The van der Waals surface area contributed by atoms with Gasteiger partial charge in [0, 0.05) is 13.1 Å². The van der Waals surface area contributed by atoms with Crippen LogP contribution >= 0.6 is 0 Å². The zero-order valence-electron chi connectivity index (χ0n) is 9.03. The summed E-state index contributed by atoms with van der Waals surface area (Å²) in [7, 11) is 2.02. The van der Waals surface area contributed by atoms with Gasteiger partial charge in [-0.3, -0.25) is 4.90 Å². The molecule has 0 amide bonds. The van der Waals surface area contributed by atoms with Crippen LogP contribution < -0.4 is 0 Å². The Balaban J connectivity index is 2.57. The maximum atomic E-state index is 8.77. The number of hydrogen-bond acceptors (Lipinski definition) is 2. The van der Waals surface area contributed by atoms with E-state index in [1.54, 1.807) is 0 Å². The maximum absolute atomic E-state index is 8.77. The summed E-state index contributed by atoms with van der Waals surface area (Å²) in [6.07, 6.45) is 1.08. The van der Waals surface area contributed by atoms with Crippen molar-refractivity contribution < 1.29 is 5.11 Å². The number of hydrogen-bond donors (Lipinski definition) is 1. The van der Waals surface area contributed by atoms with Gasteiger partial charge in [-0.1, -0.05) is 31.2 Å². The molecule has 0 heterocycles. The average Bonchev–Trinajstić information content (AvgIpc) is 2.18. The first-order chi connectivity index (χ1) is 6.76. The highest BCUT2D eigenvalue weighted by Crippen LogP contribution is 2.07. The molecule has 0 spiro atoms. The molecule has 14 heavy (non-hydrogen) atoms. The minimum atomic E-state index is 0.226. The summed E-state index contributed by atoms with van der Waals surface area (Å²) >= 11 is 0. The van der Waals surface area contributed by atoms with Gasteiger partial charge in [-0.25, -0.2) is 0 Å². The molecular formula is C12H19NO. The van der Waals surface area contributed by atoms with Gasteiger partial charge in [-0.05, 0) is 24.6 Å². The van der Waals surface area contributed by atoms with Crippen molar-refractivity contribution >= 4 is 0 Å². The van der Waals surface area contributed by atoms with Gasteiger partial charge in [0.25, 0.3) is 0 Å². The molecule has 2 nitrogen and oxygen atoms in total. The van der Waals surface area contributed by atoms with Crippen LogP contribution in [0.5, 0.6) is 0 Å². The van der Waals surface area contributed by atoms with E-state index in [2.05, 4.69) is 36.1 Å². The van der Waals surface area contributed by atoms with Gasteiger partial charge in [-0.15, -0.1) is 0 Å². The third-order valence-electron chi connectivity index (χ3n) is 2.33. The monoisotopic (exact) mass is 193 g/mol. The standard InChI is InChI=1S/C12H19NO/c1-3-11-5-4-6-12(9-11)10-13(2)7-8-14/h4-6,9,14H,3,7-8,10H2,1-2H3. The number of likely N-dealkylation sites (N-methyl/N-ethyl adjacent to an activating group) is 1. The lowest BCUT2D eigenvalue weighted by atomic mass is 10.1. The fourth-order valence-corrected chi connectivity index (χ4v) is 1.51. The van der Waals surface area contributed by atoms with Gasteiger partial charge < -0.3 is 5.11 Å². The lowest BCUT2D eigenvalue weighted by Gasteiger charge is -2.15. The molecule has 2 heteroatoms. The van der Waals surface area contributed by atoms with E-state index in [0.29, 0.717) is 0 Å². The summed E-state index contributed by atoms with van der Waals surface area (Å²) in [6.45, 7) is 4.03. The molecule has 0 unspecified atom stereocenters. The van der Waals surface area contributed by atoms with Crippen molar-refractivity contribution in [3.63, 3.8) is 0 Å². The molecule has 0 aliphatic rings. The summed E-state index contributed by atoms with van der Waals surface area (Å²) in [6, 6.07) is 8.61. The number of aliphatic hydroxyl groups is 1. The zero-order chi connectivity index (χ0) is 10.4. The minimum absolute atomic E-state index is 0.226. The van der Waals surface area contributed by atoms with Gasteiger partial charge in [0.05, 0.1) is 6.61 Å². The smallest absolute Gasteiger partial charge is 0.0558 e. The largest absolute Gasteiger partial charge is 0.395 e. The van der Waals surface area contributed by atoms with Gasteiger partial charge in [-0.2, -0.15) is 0 Å². The predicted octanol–water partition coefficient (Wildman–Crippen LogP) is 1.67. The molecule has 0 fully saturated rings. The van der Waals surface area contributed by atoms with Crippen LogP contribution in [0.3, 0.4) is 0 Å². The fraction of sp³-hybridized carbons (Fsp3) is 0.500. The van der Waals surface area contributed by atoms with Crippen molar-refractivity contribution in [3.8, 4) is 0 Å². The van der Waals surface area contributed by atoms with Crippen molar-refractivity contribution in [2.75, 3.05) is 20.2 Å². The Morgan fingerprint density at radius 1 is 1.29 bits per heavy atom. The minimum Gasteiger partial charge on any atom is -0.395 e. The summed E-state index contributed by atoms with van der Waals surface area (Å²) in [5.41, 5.74) is 2.69. The van der Waals surface area contributed by atoms with Gasteiger partial charge in [0.1, 0.15) is 0 Å². The Morgan fingerprint density at radius 2 is 2.00 bits per heavy atom. The quantitative estimate of drug-likeness (QED) is 0.769. The second kappa shape index (κ2) is 5.78. The number of aryl methyl sites for hydroxylation is 1. The molecular weight excluding hydrogens is 174 g/mol. The lowest BCUT2D eigenvalue weighted by molar-refractivity contribution is 0.217. The Hall–Kier alpha value is -0.860. The van der Waals surface area contributed by atoms with Gasteiger partial charge in [0.2, 0.25) is 0 Å². The molecule has 1 N–H and O–H groups in total. The SMILES string of the molecule is CCc1cccc(CN(C)CCO)c1. The molecule has 0 aromatic heterocycles. The van der Waals surface area contributed by atoms with Crippen molar-refractivity contribution in [2.45, 2.75) is 19.9 Å². The van der Waals surface area contributed by atoms with E-state index in [1.807, 2.05) is 7.05 Å². The molecule has 1 aromatic carbocycles. The molecule has 0 saturated carbocycles. The molecule has 0 radical (unpaired) electrons. The Bertz CT molecular complexity index is 273. The first-order valence-electron chi connectivity index (χ1n) is 5.13. The summed E-state index contributed by atoms with van der Waals surface area (Å²) in [5, 5.41) is 8.77. The van der Waals surface area contributed by atoms with E-state index in [0.717, 1.165) is 19.5 Å². The van der Waals surface area contributed by atoms with Crippen LogP contribution in [-0.4, -0.2) is 30.2 Å². The highest BCUT2D eigenvalue weighted by atomic mass is 16.3. The van der Waals surface area contributed by atoms with E-state index in [4.69, 9.17) is 5.11 Å². The molecule has 0 saturated heterocycles. The highest BCUT2D eigenvalue weighted by Gasteiger charge is 1.99. The van der Waals surface area contributed by atoms with E-state index < -0.39 is 0 Å². The Kier molecular flexibility index (Phi) is 4.63. The third-order valence-corrected chi connectivity index (χ3v) is 2.33. The van der Waals surface area contributed by atoms with E-state index in [1.165, 1.54) is 11.1 Å². The second-order valence-electron chi connectivity index (χ2n) is 3.63.